The highest BCUT2D eigenvalue weighted by Gasteiger charge is 2.07. The van der Waals surface area contributed by atoms with Crippen LogP contribution in [0.1, 0.15) is 5.56 Å². The molecule has 0 saturated carbocycles. The van der Waals surface area contributed by atoms with Gasteiger partial charge in [-0.3, -0.25) is 9.69 Å². The summed E-state index contributed by atoms with van der Waals surface area (Å²) in [5.41, 5.74) is 2.18. The van der Waals surface area contributed by atoms with Crippen LogP contribution in [0.15, 0.2) is 42.7 Å². The van der Waals surface area contributed by atoms with E-state index in [1.807, 2.05) is 41.0 Å². The molecule has 0 aliphatic heterocycles. The molecule has 0 spiro atoms. The zero-order valence-electron chi connectivity index (χ0n) is 13.0. The van der Waals surface area contributed by atoms with Crippen molar-refractivity contribution in [3.8, 4) is 5.69 Å². The number of methoxy groups -OCH3 is 1. The van der Waals surface area contributed by atoms with Crippen LogP contribution in [0.3, 0.4) is 0 Å². The first-order valence-electron chi connectivity index (χ1n) is 7.22. The monoisotopic (exact) mass is 302 g/mol. The summed E-state index contributed by atoms with van der Waals surface area (Å²) in [6, 6.07) is 10.0. The number of rotatable bonds is 8. The standard InChI is InChI=1S/C16H22N4O2/c1-19(13-16(21)17-9-11-22-2)12-14-4-6-15(7-5-14)20-10-3-8-18-20/h3-8,10H,9,11-13H2,1-2H3,(H,17,21). The minimum atomic E-state index is 0.00714. The van der Waals surface area contributed by atoms with Crippen molar-refractivity contribution in [3.05, 3.63) is 48.3 Å². The Labute approximate surface area is 130 Å². The van der Waals surface area contributed by atoms with E-state index in [0.717, 1.165) is 17.8 Å². The number of carbonyl (C=O) groups excluding carboxylic acids is 1. The molecule has 6 heteroatoms. The molecule has 2 aromatic rings. The fraction of sp³-hybridized carbons (Fsp3) is 0.375. The lowest BCUT2D eigenvalue weighted by molar-refractivity contribution is -0.122. The molecule has 0 aliphatic rings. The lowest BCUT2D eigenvalue weighted by Crippen LogP contribution is -2.36. The molecule has 1 amide bonds. The molecule has 0 atom stereocenters. The summed E-state index contributed by atoms with van der Waals surface area (Å²) in [6.07, 6.45) is 3.66. The molecule has 118 valence electrons. The Bertz CT molecular complexity index is 566. The van der Waals surface area contributed by atoms with Crippen LogP contribution >= 0.6 is 0 Å². The van der Waals surface area contributed by atoms with Gasteiger partial charge in [0.15, 0.2) is 0 Å². The van der Waals surface area contributed by atoms with E-state index in [4.69, 9.17) is 4.74 Å². The molecule has 0 unspecified atom stereocenters. The molecule has 0 aliphatic carbocycles. The molecule has 0 fully saturated rings. The summed E-state index contributed by atoms with van der Waals surface area (Å²) in [5.74, 6) is 0.00714. The van der Waals surface area contributed by atoms with Crippen LogP contribution in [0.5, 0.6) is 0 Å². The number of benzene rings is 1. The van der Waals surface area contributed by atoms with Gasteiger partial charge in [0.2, 0.25) is 5.91 Å². The van der Waals surface area contributed by atoms with Crippen LogP contribution in [0, 0.1) is 0 Å². The van der Waals surface area contributed by atoms with Gasteiger partial charge in [-0.1, -0.05) is 12.1 Å². The van der Waals surface area contributed by atoms with Crippen LogP contribution in [-0.4, -0.2) is 54.4 Å². The Balaban J connectivity index is 1.81. The second-order valence-corrected chi connectivity index (χ2v) is 5.13. The third kappa shape index (κ3) is 4.98. The molecular weight excluding hydrogens is 280 g/mol. The van der Waals surface area contributed by atoms with Gasteiger partial charge in [0.1, 0.15) is 0 Å². The zero-order valence-corrected chi connectivity index (χ0v) is 13.0. The van der Waals surface area contributed by atoms with Crippen molar-refractivity contribution in [2.45, 2.75) is 6.54 Å². The molecule has 22 heavy (non-hydrogen) atoms. The van der Waals surface area contributed by atoms with Crippen molar-refractivity contribution in [2.75, 3.05) is 33.9 Å². The van der Waals surface area contributed by atoms with Gasteiger partial charge < -0.3 is 10.1 Å². The first-order chi connectivity index (χ1) is 10.7. The normalized spacial score (nSPS) is 10.9. The Hall–Kier alpha value is -2.18. The topological polar surface area (TPSA) is 59.4 Å². The maximum absolute atomic E-state index is 11.7. The molecule has 2 rings (SSSR count). The van der Waals surface area contributed by atoms with Gasteiger partial charge in [-0.05, 0) is 30.8 Å². The van der Waals surface area contributed by atoms with Crippen LogP contribution in [0.2, 0.25) is 0 Å². The largest absolute Gasteiger partial charge is 0.383 e. The van der Waals surface area contributed by atoms with Crippen LogP contribution in [0.4, 0.5) is 0 Å². The van der Waals surface area contributed by atoms with Crippen molar-refractivity contribution in [1.82, 2.24) is 20.0 Å². The molecule has 0 saturated heterocycles. The number of aromatic nitrogens is 2. The van der Waals surface area contributed by atoms with E-state index in [1.54, 1.807) is 13.3 Å². The van der Waals surface area contributed by atoms with Crippen molar-refractivity contribution >= 4 is 5.91 Å². The molecule has 6 nitrogen and oxygen atoms in total. The number of hydrogen-bond acceptors (Lipinski definition) is 4. The molecule has 0 radical (unpaired) electrons. The van der Waals surface area contributed by atoms with E-state index in [2.05, 4.69) is 22.5 Å². The third-order valence-electron chi connectivity index (χ3n) is 3.20. The van der Waals surface area contributed by atoms with Gasteiger partial charge in [0, 0.05) is 32.6 Å². The Morgan fingerprint density at radius 1 is 1.36 bits per heavy atom. The highest BCUT2D eigenvalue weighted by Crippen LogP contribution is 2.10. The van der Waals surface area contributed by atoms with Gasteiger partial charge in [0.25, 0.3) is 0 Å². The predicted octanol–water partition coefficient (Wildman–Crippen LogP) is 1.07. The van der Waals surface area contributed by atoms with Gasteiger partial charge in [0.05, 0.1) is 18.8 Å². The lowest BCUT2D eigenvalue weighted by Gasteiger charge is -2.16. The average molecular weight is 302 g/mol. The van der Waals surface area contributed by atoms with E-state index >= 15 is 0 Å². The molecule has 0 bridgehead atoms. The number of nitrogens with one attached hydrogen (secondary N) is 1. The Morgan fingerprint density at radius 2 is 2.14 bits per heavy atom. The summed E-state index contributed by atoms with van der Waals surface area (Å²) < 4.78 is 6.72. The number of likely N-dealkylation sites (N-methyl/N-ethyl adjacent to an activating group) is 1. The van der Waals surface area contributed by atoms with Crippen molar-refractivity contribution in [3.63, 3.8) is 0 Å². The summed E-state index contributed by atoms with van der Waals surface area (Å²) in [6.45, 7) is 2.16. The SMILES string of the molecule is COCCNC(=O)CN(C)Cc1ccc(-n2cccn2)cc1. The van der Waals surface area contributed by atoms with Crippen molar-refractivity contribution < 1.29 is 9.53 Å². The number of nitrogens with zero attached hydrogens (tertiary/aromatic N) is 3. The van der Waals surface area contributed by atoms with Gasteiger partial charge in [-0.15, -0.1) is 0 Å². The minimum absolute atomic E-state index is 0.00714. The molecule has 1 heterocycles. The van der Waals surface area contributed by atoms with E-state index in [1.165, 1.54) is 0 Å². The summed E-state index contributed by atoms with van der Waals surface area (Å²) in [7, 11) is 3.54. The maximum atomic E-state index is 11.7. The van der Waals surface area contributed by atoms with E-state index in [9.17, 15) is 4.79 Å². The average Bonchev–Trinajstić information content (AvgIpc) is 3.02. The highest BCUT2D eigenvalue weighted by molar-refractivity contribution is 5.77. The van der Waals surface area contributed by atoms with Crippen molar-refractivity contribution in [2.24, 2.45) is 0 Å². The zero-order chi connectivity index (χ0) is 15.8. The maximum Gasteiger partial charge on any atom is 0.234 e. The molecule has 1 N–H and O–H groups in total. The van der Waals surface area contributed by atoms with Gasteiger partial charge in [-0.2, -0.15) is 5.10 Å². The van der Waals surface area contributed by atoms with Gasteiger partial charge >= 0.3 is 0 Å². The van der Waals surface area contributed by atoms with Crippen LogP contribution in [-0.2, 0) is 16.1 Å². The van der Waals surface area contributed by atoms with Crippen molar-refractivity contribution in [1.29, 1.82) is 0 Å². The fourth-order valence-electron chi connectivity index (χ4n) is 2.14. The molecule has 1 aromatic heterocycles. The molecular formula is C16H22N4O2. The van der Waals surface area contributed by atoms with E-state index in [0.29, 0.717) is 19.7 Å². The molecule has 1 aromatic carbocycles. The second-order valence-electron chi connectivity index (χ2n) is 5.13. The summed E-state index contributed by atoms with van der Waals surface area (Å²) in [4.78, 5) is 13.7. The second kappa shape index (κ2) is 8.31. The first-order valence-corrected chi connectivity index (χ1v) is 7.22. The quantitative estimate of drug-likeness (QED) is 0.741. The number of ether oxygens (including phenoxy) is 1. The smallest absolute Gasteiger partial charge is 0.234 e. The number of carbonyl (C=O) groups is 1. The number of hydrogen-bond donors (Lipinski definition) is 1. The first kappa shape index (κ1) is 16.2. The van der Waals surface area contributed by atoms with Crippen LogP contribution in [0.25, 0.3) is 5.69 Å². The predicted molar refractivity (Wildman–Crippen MR) is 84.8 cm³/mol. The minimum Gasteiger partial charge on any atom is -0.383 e. The van der Waals surface area contributed by atoms with E-state index < -0.39 is 0 Å². The Morgan fingerprint density at radius 3 is 2.77 bits per heavy atom. The highest BCUT2D eigenvalue weighted by atomic mass is 16.5. The fourth-order valence-corrected chi connectivity index (χ4v) is 2.14. The summed E-state index contributed by atoms with van der Waals surface area (Å²) >= 11 is 0. The Kier molecular flexibility index (Phi) is 6.12. The van der Waals surface area contributed by atoms with Crippen LogP contribution < -0.4 is 5.32 Å². The van der Waals surface area contributed by atoms with E-state index in [-0.39, 0.29) is 5.91 Å². The lowest BCUT2D eigenvalue weighted by atomic mass is 10.2. The summed E-state index contributed by atoms with van der Waals surface area (Å²) in [5, 5.41) is 7.01. The third-order valence-corrected chi connectivity index (χ3v) is 3.20. The number of amides is 1. The van der Waals surface area contributed by atoms with Gasteiger partial charge in [-0.25, -0.2) is 4.68 Å².